The third-order valence-electron chi connectivity index (χ3n) is 5.12. The van der Waals surface area contributed by atoms with E-state index in [9.17, 15) is 23.1 Å². The molecule has 0 amide bonds. The van der Waals surface area contributed by atoms with Crippen LogP contribution in [0.25, 0.3) is 0 Å². The second kappa shape index (κ2) is 6.70. The van der Waals surface area contributed by atoms with Crippen molar-refractivity contribution in [2.45, 2.75) is 24.7 Å². The number of aromatic nitrogens is 1. The molecule has 1 N–H and O–H groups in total. The van der Waals surface area contributed by atoms with Crippen LogP contribution in [0, 0.1) is 5.92 Å². The second-order valence-electron chi connectivity index (χ2n) is 6.64. The normalized spacial score (nSPS) is 23.3. The number of halogens is 3. The molecule has 2 atom stereocenters. The van der Waals surface area contributed by atoms with Gasteiger partial charge in [-0.3, -0.25) is 0 Å². The van der Waals surface area contributed by atoms with Gasteiger partial charge in [-0.25, -0.2) is 9.78 Å². The maximum Gasteiger partial charge on any atom is 0.439 e. The number of anilines is 1. The van der Waals surface area contributed by atoms with Crippen molar-refractivity contribution >= 4 is 28.1 Å². The number of alkyl halides is 3. The topological polar surface area (TPSA) is 84.2 Å². The Bertz CT molecular complexity index is 1010. The predicted molar refractivity (Wildman–Crippen MR) is 98.3 cm³/mol. The van der Waals surface area contributed by atoms with Gasteiger partial charge in [0.15, 0.2) is 5.69 Å². The number of rotatable bonds is 3. The summed E-state index contributed by atoms with van der Waals surface area (Å²) < 4.78 is 52.0. The van der Waals surface area contributed by atoms with E-state index in [4.69, 9.17) is 4.74 Å². The number of nitrogens with zero attached hydrogens (tertiary/aromatic N) is 3. The first-order valence-electron chi connectivity index (χ1n) is 8.59. The van der Waals surface area contributed by atoms with Crippen LogP contribution in [0.2, 0.25) is 0 Å². The number of hydrazone groups is 1. The zero-order valence-electron chi connectivity index (χ0n) is 15.4. The van der Waals surface area contributed by atoms with Gasteiger partial charge in [0, 0.05) is 10.9 Å². The van der Waals surface area contributed by atoms with Crippen LogP contribution in [0.5, 0.6) is 5.75 Å². The Morgan fingerprint density at radius 1 is 1.38 bits per heavy atom. The minimum atomic E-state index is -5.01. The zero-order chi connectivity index (χ0) is 21.0. The first-order chi connectivity index (χ1) is 13.7. The van der Waals surface area contributed by atoms with Crippen molar-refractivity contribution in [1.82, 2.24) is 4.98 Å². The van der Waals surface area contributed by atoms with Crippen LogP contribution < -0.4 is 9.75 Å². The SMILES string of the molecule is COC(=O)c1csc(N2N=C3c4ccc(OC)cc4CC[C@@H]3[C@]2(O)C(F)(F)F)n1. The van der Waals surface area contributed by atoms with E-state index in [2.05, 4.69) is 14.8 Å². The molecule has 0 spiro atoms. The maximum absolute atomic E-state index is 14.1. The van der Waals surface area contributed by atoms with E-state index in [1.807, 2.05) is 0 Å². The molecule has 2 aliphatic rings. The van der Waals surface area contributed by atoms with Gasteiger partial charge in [0.05, 0.1) is 25.8 Å². The molecule has 1 aliphatic heterocycles. The van der Waals surface area contributed by atoms with Crippen LogP contribution in [0.3, 0.4) is 0 Å². The highest BCUT2D eigenvalue weighted by Crippen LogP contribution is 2.50. The maximum atomic E-state index is 14.1. The third kappa shape index (κ3) is 2.87. The number of hydrogen-bond donors (Lipinski definition) is 1. The second-order valence-corrected chi connectivity index (χ2v) is 7.48. The van der Waals surface area contributed by atoms with Crippen LogP contribution in [0.4, 0.5) is 18.3 Å². The van der Waals surface area contributed by atoms with E-state index in [0.29, 0.717) is 22.7 Å². The summed E-state index contributed by atoms with van der Waals surface area (Å²) >= 11 is 0.769. The summed E-state index contributed by atoms with van der Waals surface area (Å²) in [6.45, 7) is 0. The highest BCUT2D eigenvalue weighted by molar-refractivity contribution is 7.14. The number of aliphatic hydroxyl groups is 1. The number of aryl methyl sites for hydroxylation is 1. The van der Waals surface area contributed by atoms with Crippen molar-refractivity contribution in [2.24, 2.45) is 11.0 Å². The van der Waals surface area contributed by atoms with E-state index in [1.54, 1.807) is 18.2 Å². The van der Waals surface area contributed by atoms with Gasteiger partial charge in [-0.15, -0.1) is 11.3 Å². The summed E-state index contributed by atoms with van der Waals surface area (Å²) in [5.41, 5.74) is -1.98. The summed E-state index contributed by atoms with van der Waals surface area (Å²) in [5.74, 6) is -1.50. The molecule has 0 bridgehead atoms. The molecule has 1 aliphatic carbocycles. The molecule has 11 heteroatoms. The molecule has 154 valence electrons. The van der Waals surface area contributed by atoms with Gasteiger partial charge in [0.1, 0.15) is 5.75 Å². The molecule has 1 aromatic heterocycles. The minimum absolute atomic E-state index is 0.0424. The van der Waals surface area contributed by atoms with Crippen molar-refractivity contribution in [2.75, 3.05) is 19.2 Å². The fourth-order valence-corrected chi connectivity index (χ4v) is 4.49. The average Bonchev–Trinajstić information content (AvgIpc) is 3.30. The lowest BCUT2D eigenvalue weighted by Crippen LogP contribution is -2.60. The molecule has 0 fully saturated rings. The molecule has 2 aromatic rings. The van der Waals surface area contributed by atoms with Gasteiger partial charge in [-0.1, -0.05) is 0 Å². The van der Waals surface area contributed by atoms with Crippen LogP contribution in [-0.2, 0) is 11.2 Å². The Morgan fingerprint density at radius 3 is 2.79 bits per heavy atom. The average molecular weight is 427 g/mol. The van der Waals surface area contributed by atoms with E-state index in [0.717, 1.165) is 24.0 Å². The summed E-state index contributed by atoms with van der Waals surface area (Å²) in [5, 5.41) is 16.5. The Balaban J connectivity index is 1.84. The monoisotopic (exact) mass is 427 g/mol. The molecule has 0 unspecified atom stereocenters. The van der Waals surface area contributed by atoms with Gasteiger partial charge in [0.2, 0.25) is 5.13 Å². The lowest BCUT2D eigenvalue weighted by molar-refractivity contribution is -0.268. The largest absolute Gasteiger partial charge is 0.497 e. The smallest absolute Gasteiger partial charge is 0.439 e. The number of carbonyl (C=O) groups excluding carboxylic acids is 1. The molecule has 0 radical (unpaired) electrons. The Kier molecular flexibility index (Phi) is 4.54. The summed E-state index contributed by atoms with van der Waals surface area (Å²) in [6.07, 6.45) is -4.64. The molecule has 1 aromatic carbocycles. The van der Waals surface area contributed by atoms with Gasteiger partial charge in [-0.2, -0.15) is 23.3 Å². The van der Waals surface area contributed by atoms with Crippen LogP contribution in [0.1, 0.15) is 28.0 Å². The number of benzene rings is 1. The quantitative estimate of drug-likeness (QED) is 0.759. The Morgan fingerprint density at radius 2 is 2.14 bits per heavy atom. The van der Waals surface area contributed by atoms with Gasteiger partial charge >= 0.3 is 12.1 Å². The van der Waals surface area contributed by atoms with Crippen molar-refractivity contribution in [3.63, 3.8) is 0 Å². The number of carbonyl (C=O) groups is 1. The van der Waals surface area contributed by atoms with Crippen LogP contribution >= 0.6 is 11.3 Å². The fourth-order valence-electron chi connectivity index (χ4n) is 3.69. The Hall–Kier alpha value is -2.66. The van der Waals surface area contributed by atoms with Gasteiger partial charge < -0.3 is 14.6 Å². The Labute approximate surface area is 167 Å². The van der Waals surface area contributed by atoms with Gasteiger partial charge in [-0.05, 0) is 36.6 Å². The van der Waals surface area contributed by atoms with Crippen molar-refractivity contribution < 1.29 is 32.5 Å². The summed E-state index contributed by atoms with van der Waals surface area (Å²) in [6, 6.07) is 5.03. The lowest BCUT2D eigenvalue weighted by atomic mass is 9.77. The third-order valence-corrected chi connectivity index (χ3v) is 5.94. The first-order valence-corrected chi connectivity index (χ1v) is 9.47. The number of methoxy groups -OCH3 is 2. The van der Waals surface area contributed by atoms with Gasteiger partial charge in [0.25, 0.3) is 5.72 Å². The molecular formula is C18H16F3N3O4S. The standard InChI is InChI=1S/C18H16F3N3O4S/c1-27-10-4-5-11-9(7-10)3-6-12-14(11)23-24(17(12,26)18(19,20)21)16-22-13(8-29-16)15(25)28-2/h4-5,7-8,12,26H,3,6H2,1-2H3/t12-,17-/m0/s1. The number of ether oxygens (including phenoxy) is 2. The molecule has 29 heavy (non-hydrogen) atoms. The van der Waals surface area contributed by atoms with E-state index < -0.39 is 23.8 Å². The molecule has 2 heterocycles. The summed E-state index contributed by atoms with van der Waals surface area (Å²) in [4.78, 5) is 15.5. The predicted octanol–water partition coefficient (Wildman–Crippen LogP) is 2.98. The molecular weight excluding hydrogens is 411 g/mol. The highest BCUT2D eigenvalue weighted by atomic mass is 32.1. The highest BCUT2D eigenvalue weighted by Gasteiger charge is 2.68. The van der Waals surface area contributed by atoms with Crippen LogP contribution in [0.15, 0.2) is 28.7 Å². The first kappa shape index (κ1) is 19.6. The molecule has 0 saturated carbocycles. The molecule has 7 nitrogen and oxygen atoms in total. The number of hydrogen-bond acceptors (Lipinski definition) is 8. The number of esters is 1. The zero-order valence-corrected chi connectivity index (χ0v) is 16.2. The van der Waals surface area contributed by atoms with Crippen LogP contribution in [-0.4, -0.2) is 47.9 Å². The lowest BCUT2D eigenvalue weighted by Gasteiger charge is -2.38. The number of fused-ring (bicyclic) bond motifs is 3. The minimum Gasteiger partial charge on any atom is -0.497 e. The number of thiazole rings is 1. The molecule has 4 rings (SSSR count). The van der Waals surface area contributed by atoms with E-state index in [1.165, 1.54) is 12.5 Å². The molecule has 0 saturated heterocycles. The van der Waals surface area contributed by atoms with Crippen molar-refractivity contribution in [1.29, 1.82) is 0 Å². The van der Waals surface area contributed by atoms with Crippen molar-refractivity contribution in [3.8, 4) is 5.75 Å². The fraction of sp³-hybridized carbons (Fsp3) is 0.389. The van der Waals surface area contributed by atoms with Crippen molar-refractivity contribution in [3.05, 3.63) is 40.4 Å². The van der Waals surface area contributed by atoms with E-state index in [-0.39, 0.29) is 23.0 Å². The summed E-state index contributed by atoms with van der Waals surface area (Å²) in [7, 11) is 2.65. The van der Waals surface area contributed by atoms with E-state index >= 15 is 0 Å².